The quantitative estimate of drug-likeness (QED) is 0.790. The molecule has 20 heavy (non-hydrogen) atoms. The van der Waals surface area contributed by atoms with Crippen molar-refractivity contribution in [2.75, 3.05) is 13.1 Å². The highest BCUT2D eigenvalue weighted by Gasteiger charge is 2.36. The maximum Gasteiger partial charge on any atom is 0.240 e. The summed E-state index contributed by atoms with van der Waals surface area (Å²) in [5, 5.41) is 3.05. The van der Waals surface area contributed by atoms with E-state index in [9.17, 15) is 9.59 Å². The van der Waals surface area contributed by atoms with Crippen LogP contribution in [0, 0.1) is 5.92 Å². The fraction of sp³-hybridized carbons (Fsp3) is 0.867. The van der Waals surface area contributed by atoms with E-state index in [1.807, 2.05) is 11.8 Å². The highest BCUT2D eigenvalue weighted by molar-refractivity contribution is 5.86. The summed E-state index contributed by atoms with van der Waals surface area (Å²) in [5.41, 5.74) is 5.25. The Kier molecular flexibility index (Phi) is 4.68. The Morgan fingerprint density at radius 2 is 1.85 bits per heavy atom. The van der Waals surface area contributed by atoms with E-state index in [1.54, 1.807) is 6.92 Å². The van der Waals surface area contributed by atoms with Crippen LogP contribution in [0.4, 0.5) is 0 Å². The first-order chi connectivity index (χ1) is 9.44. The van der Waals surface area contributed by atoms with Crippen LogP contribution in [-0.2, 0) is 9.59 Å². The van der Waals surface area contributed by atoms with Crippen molar-refractivity contribution in [3.8, 4) is 0 Å². The molecule has 1 atom stereocenters. The summed E-state index contributed by atoms with van der Waals surface area (Å²) in [6.45, 7) is 5.34. The van der Waals surface area contributed by atoms with Gasteiger partial charge in [0.05, 0.1) is 5.54 Å². The van der Waals surface area contributed by atoms with Gasteiger partial charge in [0.1, 0.15) is 0 Å². The minimum absolute atomic E-state index is 0.0636. The fourth-order valence-corrected chi connectivity index (χ4v) is 2.82. The highest BCUT2D eigenvalue weighted by Crippen LogP contribution is 2.31. The van der Waals surface area contributed by atoms with Crippen LogP contribution in [0.3, 0.4) is 0 Å². The van der Waals surface area contributed by atoms with Gasteiger partial charge in [-0.15, -0.1) is 0 Å². The molecular weight excluding hydrogens is 254 g/mol. The van der Waals surface area contributed by atoms with E-state index in [2.05, 4.69) is 5.32 Å². The van der Waals surface area contributed by atoms with Crippen molar-refractivity contribution in [3.05, 3.63) is 0 Å². The van der Waals surface area contributed by atoms with Crippen LogP contribution in [0.15, 0.2) is 0 Å². The molecular formula is C15H27N3O2. The third kappa shape index (κ3) is 3.72. The molecule has 114 valence electrons. The first-order valence-corrected chi connectivity index (χ1v) is 7.82. The number of piperidine rings is 1. The Morgan fingerprint density at radius 3 is 2.35 bits per heavy atom. The number of amides is 2. The van der Waals surface area contributed by atoms with Crippen LogP contribution in [0.1, 0.15) is 52.4 Å². The van der Waals surface area contributed by atoms with Gasteiger partial charge in [-0.25, -0.2) is 0 Å². The zero-order valence-electron chi connectivity index (χ0n) is 12.7. The number of nitrogens with zero attached hydrogens (tertiary/aromatic N) is 1. The fourth-order valence-electron chi connectivity index (χ4n) is 2.82. The van der Waals surface area contributed by atoms with Crippen molar-refractivity contribution in [1.29, 1.82) is 0 Å². The van der Waals surface area contributed by atoms with Gasteiger partial charge in [-0.2, -0.15) is 0 Å². The van der Waals surface area contributed by atoms with Crippen LogP contribution in [0.5, 0.6) is 0 Å². The van der Waals surface area contributed by atoms with Gasteiger partial charge < -0.3 is 16.0 Å². The molecule has 2 fully saturated rings. The molecule has 1 heterocycles. The Bertz CT molecular complexity index is 369. The molecule has 2 rings (SSSR count). The molecule has 5 heteroatoms. The highest BCUT2D eigenvalue weighted by atomic mass is 16.2. The smallest absolute Gasteiger partial charge is 0.240 e. The number of nitrogens with two attached hydrogens (primary N) is 1. The Labute approximate surface area is 121 Å². The number of likely N-dealkylation sites (tertiary alicyclic amines) is 1. The molecule has 5 nitrogen and oxygen atoms in total. The Hall–Kier alpha value is -1.10. The van der Waals surface area contributed by atoms with Gasteiger partial charge in [0.15, 0.2) is 0 Å². The molecule has 2 amide bonds. The summed E-state index contributed by atoms with van der Waals surface area (Å²) in [7, 11) is 0. The van der Waals surface area contributed by atoms with Crippen LogP contribution in [-0.4, -0.2) is 41.4 Å². The second kappa shape index (κ2) is 6.12. The molecule has 2 aliphatic rings. The maximum absolute atomic E-state index is 12.1. The van der Waals surface area contributed by atoms with E-state index >= 15 is 0 Å². The van der Waals surface area contributed by atoms with E-state index < -0.39 is 5.54 Å². The summed E-state index contributed by atoms with van der Waals surface area (Å²) in [4.78, 5) is 26.0. The minimum Gasteiger partial charge on any atom is -0.352 e. The molecule has 0 bridgehead atoms. The van der Waals surface area contributed by atoms with Crippen molar-refractivity contribution in [3.63, 3.8) is 0 Å². The van der Waals surface area contributed by atoms with Crippen molar-refractivity contribution >= 4 is 11.8 Å². The lowest BCUT2D eigenvalue weighted by molar-refractivity contribution is -0.133. The van der Waals surface area contributed by atoms with Crippen LogP contribution in [0.2, 0.25) is 0 Å². The normalized spacial score (nSPS) is 23.2. The Balaban J connectivity index is 1.76. The second-order valence-electron chi connectivity index (χ2n) is 6.51. The summed E-state index contributed by atoms with van der Waals surface area (Å²) in [6, 6.07) is 0.158. The first kappa shape index (κ1) is 15.3. The predicted molar refractivity (Wildman–Crippen MR) is 78.0 cm³/mol. The maximum atomic E-state index is 12.1. The summed E-state index contributed by atoms with van der Waals surface area (Å²) in [6.07, 6.45) is 5.38. The molecule has 0 aromatic rings. The Morgan fingerprint density at radius 1 is 1.25 bits per heavy atom. The van der Waals surface area contributed by atoms with Crippen LogP contribution in [0.25, 0.3) is 0 Å². The lowest BCUT2D eigenvalue weighted by atomic mass is 9.95. The van der Waals surface area contributed by atoms with Gasteiger partial charge in [-0.05, 0) is 39.0 Å². The summed E-state index contributed by atoms with van der Waals surface area (Å²) >= 11 is 0. The molecule has 1 saturated heterocycles. The van der Waals surface area contributed by atoms with Crippen molar-refractivity contribution in [2.24, 2.45) is 11.7 Å². The number of hydrogen-bond acceptors (Lipinski definition) is 3. The lowest BCUT2D eigenvalue weighted by Crippen LogP contribution is -2.56. The van der Waals surface area contributed by atoms with Crippen molar-refractivity contribution in [1.82, 2.24) is 10.2 Å². The van der Waals surface area contributed by atoms with Gasteiger partial charge in [0.25, 0.3) is 0 Å². The lowest BCUT2D eigenvalue weighted by Gasteiger charge is -2.34. The second-order valence-corrected chi connectivity index (χ2v) is 6.51. The van der Waals surface area contributed by atoms with Crippen molar-refractivity contribution < 1.29 is 9.59 Å². The molecule has 1 saturated carbocycles. The zero-order valence-corrected chi connectivity index (χ0v) is 12.7. The van der Waals surface area contributed by atoms with Crippen molar-refractivity contribution in [2.45, 2.75) is 64.0 Å². The van der Waals surface area contributed by atoms with Gasteiger partial charge in [0.2, 0.25) is 11.8 Å². The van der Waals surface area contributed by atoms with E-state index in [1.165, 1.54) is 0 Å². The van der Waals surface area contributed by atoms with E-state index in [-0.39, 0.29) is 17.9 Å². The van der Waals surface area contributed by atoms with E-state index in [0.717, 1.165) is 45.2 Å². The number of carbonyl (C=O) groups is 2. The van der Waals surface area contributed by atoms with Gasteiger partial charge >= 0.3 is 0 Å². The zero-order chi connectivity index (χ0) is 14.8. The third-order valence-electron chi connectivity index (χ3n) is 4.36. The monoisotopic (exact) mass is 281 g/mol. The molecule has 0 spiro atoms. The summed E-state index contributed by atoms with van der Waals surface area (Å²) in [5.74, 6) is 0.536. The predicted octanol–water partition coefficient (Wildman–Crippen LogP) is 1.02. The molecule has 1 aliphatic carbocycles. The molecule has 0 radical (unpaired) electrons. The first-order valence-electron chi connectivity index (χ1n) is 7.82. The SMILES string of the molecule is CCCC(C)(N)C(=O)NC1CCN(C(=O)C2CC2)CC1. The van der Waals surface area contributed by atoms with Gasteiger partial charge in [-0.1, -0.05) is 13.3 Å². The number of hydrogen-bond donors (Lipinski definition) is 2. The van der Waals surface area contributed by atoms with E-state index in [4.69, 9.17) is 5.73 Å². The average molecular weight is 281 g/mol. The number of nitrogens with one attached hydrogen (secondary N) is 1. The van der Waals surface area contributed by atoms with Crippen LogP contribution < -0.4 is 11.1 Å². The molecule has 0 aromatic carbocycles. The minimum atomic E-state index is -0.782. The van der Waals surface area contributed by atoms with Crippen LogP contribution >= 0.6 is 0 Å². The van der Waals surface area contributed by atoms with Gasteiger partial charge in [0, 0.05) is 25.0 Å². The molecule has 1 aliphatic heterocycles. The molecule has 3 N–H and O–H groups in total. The number of carbonyl (C=O) groups excluding carboxylic acids is 2. The van der Waals surface area contributed by atoms with Gasteiger partial charge in [-0.3, -0.25) is 9.59 Å². The van der Waals surface area contributed by atoms with E-state index in [0.29, 0.717) is 12.3 Å². The topological polar surface area (TPSA) is 75.4 Å². The number of rotatable bonds is 5. The third-order valence-corrected chi connectivity index (χ3v) is 4.36. The average Bonchev–Trinajstić information content (AvgIpc) is 3.23. The summed E-state index contributed by atoms with van der Waals surface area (Å²) < 4.78 is 0. The molecule has 1 unspecified atom stereocenters. The molecule has 0 aromatic heterocycles. The standard InChI is InChI=1S/C15H27N3O2/c1-3-8-15(2,16)14(20)17-12-6-9-18(10-7-12)13(19)11-4-5-11/h11-12H,3-10,16H2,1-2H3,(H,17,20). The largest absolute Gasteiger partial charge is 0.352 e.